The molecule has 0 aliphatic carbocycles. The largest absolute Gasteiger partial charge is 0.489 e. The molecule has 0 unspecified atom stereocenters. The first-order valence-electron chi connectivity index (χ1n) is 14.2. The number of sulfonamides is 1. The molecule has 12 nitrogen and oxygen atoms in total. The lowest BCUT2D eigenvalue weighted by molar-refractivity contribution is 0.101. The molecule has 224 valence electrons. The van der Waals surface area contributed by atoms with Gasteiger partial charge in [0.15, 0.2) is 0 Å². The van der Waals surface area contributed by atoms with E-state index in [4.69, 9.17) is 4.74 Å². The zero-order valence-electron chi connectivity index (χ0n) is 23.3. The summed E-state index contributed by atoms with van der Waals surface area (Å²) in [6.45, 7) is 3.78. The minimum atomic E-state index is -3.66. The number of unbranched alkanes of at least 4 members (excludes halogenated alkanes) is 3. The summed E-state index contributed by atoms with van der Waals surface area (Å²) in [5.41, 5.74) is 1.38. The molecule has 3 aromatic rings. The van der Waals surface area contributed by atoms with Crippen LogP contribution in [0.25, 0.3) is 11.0 Å². The molecule has 6 N–H and O–H groups in total. The Morgan fingerprint density at radius 1 is 1.10 bits per heavy atom. The summed E-state index contributed by atoms with van der Waals surface area (Å²) in [5, 5.41) is 19.2. The first-order valence-corrected chi connectivity index (χ1v) is 15.6. The normalized spacial score (nSPS) is 15.6. The number of hydrogen-bond donors (Lipinski definition) is 6. The van der Waals surface area contributed by atoms with E-state index in [0.717, 1.165) is 25.7 Å². The Kier molecular flexibility index (Phi) is 10.8. The number of fused-ring (bicyclic) bond motifs is 1. The molecule has 2 heterocycles. The van der Waals surface area contributed by atoms with Gasteiger partial charge >= 0.3 is 11.7 Å². The minimum absolute atomic E-state index is 0.0397. The number of urea groups is 1. The zero-order valence-corrected chi connectivity index (χ0v) is 24.1. The maximum absolute atomic E-state index is 13.2. The molecule has 0 saturated carbocycles. The number of carbonyl (C=O) groups excluding carboxylic acids is 1. The number of benzene rings is 2. The number of hydrogen-bond acceptors (Lipinski definition) is 7. The van der Waals surface area contributed by atoms with Crippen molar-refractivity contribution < 1.29 is 23.1 Å². The van der Waals surface area contributed by atoms with Crippen LogP contribution in [0.1, 0.15) is 45.4 Å². The molecule has 1 saturated heterocycles. The number of imidazole rings is 1. The van der Waals surface area contributed by atoms with Gasteiger partial charge in [-0.1, -0.05) is 32.3 Å². The predicted octanol–water partition coefficient (Wildman–Crippen LogP) is 2.74. The van der Waals surface area contributed by atoms with E-state index in [9.17, 15) is 23.1 Å². The summed E-state index contributed by atoms with van der Waals surface area (Å²) in [7, 11) is -3.66. The van der Waals surface area contributed by atoms with Crippen molar-refractivity contribution in [2.45, 2.75) is 62.5 Å². The summed E-state index contributed by atoms with van der Waals surface area (Å²) in [4.78, 5) is 29.1. The molecule has 41 heavy (non-hydrogen) atoms. The Morgan fingerprint density at radius 3 is 2.59 bits per heavy atom. The second-order valence-electron chi connectivity index (χ2n) is 10.3. The second-order valence-corrected chi connectivity index (χ2v) is 12.2. The summed E-state index contributed by atoms with van der Waals surface area (Å²) >= 11 is 0. The highest BCUT2D eigenvalue weighted by Crippen LogP contribution is 2.23. The van der Waals surface area contributed by atoms with Crippen LogP contribution in [0.4, 0.5) is 10.5 Å². The number of carbonyl (C=O) groups is 1. The number of aliphatic hydroxyl groups is 1. The predicted molar refractivity (Wildman–Crippen MR) is 158 cm³/mol. The number of aliphatic hydroxyl groups excluding tert-OH is 1. The summed E-state index contributed by atoms with van der Waals surface area (Å²) in [5.74, 6) is 0.475. The maximum atomic E-state index is 13.2. The zero-order chi connectivity index (χ0) is 29.2. The molecule has 0 radical (unpaired) electrons. The molecule has 4 rings (SSSR count). The van der Waals surface area contributed by atoms with E-state index < -0.39 is 16.1 Å². The topological polar surface area (TPSA) is 169 Å². The van der Waals surface area contributed by atoms with Gasteiger partial charge in [-0.3, -0.25) is 0 Å². The Morgan fingerprint density at radius 2 is 1.85 bits per heavy atom. The van der Waals surface area contributed by atoms with Crippen molar-refractivity contribution in [2.75, 3.05) is 38.1 Å². The highest BCUT2D eigenvalue weighted by Gasteiger charge is 2.29. The highest BCUT2D eigenvalue weighted by atomic mass is 32.2. The number of ether oxygens (including phenoxy) is 1. The van der Waals surface area contributed by atoms with E-state index in [1.165, 1.54) is 16.4 Å². The Hall–Kier alpha value is -3.39. The third-order valence-electron chi connectivity index (χ3n) is 7.11. The van der Waals surface area contributed by atoms with Gasteiger partial charge in [0.2, 0.25) is 10.0 Å². The highest BCUT2D eigenvalue weighted by molar-refractivity contribution is 7.89. The average molecular weight is 589 g/mol. The molecule has 13 heteroatoms. The molecular weight excluding hydrogens is 548 g/mol. The van der Waals surface area contributed by atoms with Crippen molar-refractivity contribution in [3.05, 3.63) is 52.9 Å². The van der Waals surface area contributed by atoms with Gasteiger partial charge in [-0.15, -0.1) is 0 Å². The Labute approximate surface area is 239 Å². The van der Waals surface area contributed by atoms with Crippen molar-refractivity contribution in [3.63, 3.8) is 0 Å². The Bertz CT molecular complexity index is 1430. The molecule has 0 spiro atoms. The van der Waals surface area contributed by atoms with E-state index in [0.29, 0.717) is 54.9 Å². The first-order chi connectivity index (χ1) is 19.8. The number of rotatable bonds is 14. The first kappa shape index (κ1) is 30.6. The average Bonchev–Trinajstić information content (AvgIpc) is 3.36. The van der Waals surface area contributed by atoms with Crippen LogP contribution in [0.3, 0.4) is 0 Å². The van der Waals surface area contributed by atoms with Crippen molar-refractivity contribution in [1.82, 2.24) is 24.9 Å². The number of nitrogens with one attached hydrogen (secondary N) is 5. The number of aromatic amines is 2. The number of anilines is 1. The van der Waals surface area contributed by atoms with Crippen LogP contribution in [0.15, 0.2) is 52.2 Å². The molecule has 1 aliphatic rings. The van der Waals surface area contributed by atoms with Crippen molar-refractivity contribution in [1.29, 1.82) is 0 Å². The minimum Gasteiger partial charge on any atom is -0.489 e. The van der Waals surface area contributed by atoms with Gasteiger partial charge in [-0.2, -0.15) is 4.31 Å². The number of H-pyrrole nitrogens is 2. The number of piperidine rings is 1. The maximum Gasteiger partial charge on any atom is 0.323 e. The summed E-state index contributed by atoms with van der Waals surface area (Å²) < 4.78 is 33.5. The van der Waals surface area contributed by atoms with E-state index in [2.05, 4.69) is 32.8 Å². The fraction of sp³-hybridized carbons (Fsp3) is 0.500. The molecule has 1 fully saturated rings. The quantitative estimate of drug-likeness (QED) is 0.157. The van der Waals surface area contributed by atoms with E-state index in [1.54, 1.807) is 30.3 Å². The van der Waals surface area contributed by atoms with Crippen molar-refractivity contribution in [2.24, 2.45) is 0 Å². The van der Waals surface area contributed by atoms with Crippen LogP contribution in [-0.2, 0) is 10.0 Å². The van der Waals surface area contributed by atoms with Crippen molar-refractivity contribution in [3.8, 4) is 5.75 Å². The molecule has 2 aromatic carbocycles. The molecular formula is C28H40N6O6S. The molecule has 1 aliphatic heterocycles. The summed E-state index contributed by atoms with van der Waals surface area (Å²) in [6.07, 6.45) is 4.71. The van der Waals surface area contributed by atoms with Gasteiger partial charge in [0.05, 0.1) is 10.4 Å². The van der Waals surface area contributed by atoms with Gasteiger partial charge in [0.1, 0.15) is 24.0 Å². The third kappa shape index (κ3) is 8.55. The lowest BCUT2D eigenvalue weighted by Gasteiger charge is -2.32. The van der Waals surface area contributed by atoms with Crippen LogP contribution >= 0.6 is 0 Å². The van der Waals surface area contributed by atoms with Crippen LogP contribution < -0.4 is 26.4 Å². The van der Waals surface area contributed by atoms with Crippen LogP contribution in [0.5, 0.6) is 5.75 Å². The van der Waals surface area contributed by atoms with E-state index in [-0.39, 0.29) is 35.8 Å². The molecule has 2 amide bonds. The van der Waals surface area contributed by atoms with Gasteiger partial charge in [-0.25, -0.2) is 18.0 Å². The van der Waals surface area contributed by atoms with Crippen LogP contribution in [-0.4, -0.2) is 78.8 Å². The fourth-order valence-corrected chi connectivity index (χ4v) is 6.26. The third-order valence-corrected chi connectivity index (χ3v) is 9.02. The lowest BCUT2D eigenvalue weighted by atomic mass is 10.1. The number of amides is 2. The van der Waals surface area contributed by atoms with Crippen molar-refractivity contribution >= 4 is 32.8 Å². The number of para-hydroxylation sites is 1. The van der Waals surface area contributed by atoms with Gasteiger partial charge < -0.3 is 35.8 Å². The molecule has 1 aromatic heterocycles. The van der Waals surface area contributed by atoms with Crippen LogP contribution in [0.2, 0.25) is 0 Å². The second kappa shape index (κ2) is 14.5. The van der Waals surface area contributed by atoms with Crippen LogP contribution in [0, 0.1) is 0 Å². The van der Waals surface area contributed by atoms with E-state index in [1.807, 2.05) is 0 Å². The van der Waals surface area contributed by atoms with Gasteiger partial charge in [0.25, 0.3) is 0 Å². The fourth-order valence-electron chi connectivity index (χ4n) is 4.79. The SMILES string of the molecule is CCCCCCNC(=O)Nc1ccc(S(=O)(=O)N2CCC(NC[C@H](O)COc3cccc4[nH]c(=O)[nH]c34)CC2)cc1. The molecule has 0 bridgehead atoms. The molecule has 1 atom stereocenters. The van der Waals surface area contributed by atoms with Gasteiger partial charge in [-0.05, 0) is 55.7 Å². The standard InChI is InChI=1S/C28H40N6O6S/c1-2-3-4-5-15-29-27(36)31-21-9-11-23(12-10-21)41(38,39)34-16-13-20(14-17-34)30-18-22(35)19-40-25-8-6-7-24-26(25)33-28(37)32-24/h6-12,20,22,30,35H,2-5,13-19H2,1H3,(H2,29,31,36)(H2,32,33,37)/t22-/m0/s1. The monoisotopic (exact) mass is 588 g/mol. The van der Waals surface area contributed by atoms with E-state index >= 15 is 0 Å². The van der Waals surface area contributed by atoms with Gasteiger partial charge in [0, 0.05) is 37.9 Å². The number of nitrogens with zero attached hydrogens (tertiary/aromatic N) is 1. The summed E-state index contributed by atoms with van der Waals surface area (Å²) in [6, 6.07) is 11.2. The number of aromatic nitrogens is 2. The smallest absolute Gasteiger partial charge is 0.323 e. The lowest BCUT2D eigenvalue weighted by Crippen LogP contribution is -2.47. The Balaban J connectivity index is 1.18.